The minimum absolute atomic E-state index is 0.935. The molecule has 0 aromatic carbocycles. The van der Waals surface area contributed by atoms with Gasteiger partial charge in [-0.1, -0.05) is 15.9 Å². The van der Waals surface area contributed by atoms with Gasteiger partial charge < -0.3 is 9.80 Å². The molecule has 1 heterocycles. The molecule has 0 amide bonds. The first-order valence-electron chi connectivity index (χ1n) is 5.65. The van der Waals surface area contributed by atoms with Crippen LogP contribution in [0.4, 0.5) is 0 Å². The van der Waals surface area contributed by atoms with E-state index in [2.05, 4.69) is 39.8 Å². The van der Waals surface area contributed by atoms with E-state index in [1.807, 2.05) is 0 Å². The average Bonchev–Trinajstić information content (AvgIpc) is 2.16. The largest absolute Gasteiger partial charge is 0.308 e. The highest BCUT2D eigenvalue weighted by molar-refractivity contribution is 9.09. The van der Waals surface area contributed by atoms with Gasteiger partial charge in [-0.25, -0.2) is 0 Å². The van der Waals surface area contributed by atoms with E-state index in [0.717, 1.165) is 5.92 Å². The molecule has 0 aromatic rings. The van der Waals surface area contributed by atoms with Crippen LogP contribution in [0.1, 0.15) is 19.3 Å². The number of rotatable bonds is 5. The number of halogens is 1. The fourth-order valence-corrected chi connectivity index (χ4v) is 2.73. The maximum atomic E-state index is 3.54. The second kappa shape index (κ2) is 6.81. The van der Waals surface area contributed by atoms with Crippen molar-refractivity contribution in [1.82, 2.24) is 9.80 Å². The summed E-state index contributed by atoms with van der Waals surface area (Å²) >= 11 is 3.54. The first kappa shape index (κ1) is 12.5. The normalized spacial score (nSPS) is 24.4. The Balaban J connectivity index is 2.18. The van der Waals surface area contributed by atoms with E-state index in [9.17, 15) is 0 Å². The van der Waals surface area contributed by atoms with Crippen LogP contribution in [-0.2, 0) is 0 Å². The Bertz CT molecular complexity index is 148. The van der Waals surface area contributed by atoms with Crippen LogP contribution in [0.25, 0.3) is 0 Å². The van der Waals surface area contributed by atoms with Gasteiger partial charge in [-0.05, 0) is 45.8 Å². The predicted molar refractivity (Wildman–Crippen MR) is 66.1 cm³/mol. The van der Waals surface area contributed by atoms with Gasteiger partial charge in [0.1, 0.15) is 0 Å². The second-order valence-electron chi connectivity index (χ2n) is 4.59. The summed E-state index contributed by atoms with van der Waals surface area (Å²) in [5, 5.41) is 1.17. The molecule has 0 aromatic heterocycles. The SMILES string of the molecule is CN(C)CCN1CCCC(CCBr)C1. The molecule has 84 valence electrons. The van der Waals surface area contributed by atoms with Crippen molar-refractivity contribution in [1.29, 1.82) is 0 Å². The molecule has 0 aliphatic carbocycles. The zero-order valence-electron chi connectivity index (χ0n) is 9.51. The van der Waals surface area contributed by atoms with Crippen molar-refractivity contribution in [3.05, 3.63) is 0 Å². The Morgan fingerprint density at radius 3 is 2.86 bits per heavy atom. The fourth-order valence-electron chi connectivity index (χ4n) is 2.09. The molecule has 3 heteroatoms. The number of likely N-dealkylation sites (tertiary alicyclic amines) is 1. The molecule has 1 aliphatic heterocycles. The number of nitrogens with zero attached hydrogens (tertiary/aromatic N) is 2. The molecule has 1 rings (SSSR count). The fraction of sp³-hybridized carbons (Fsp3) is 1.00. The molecule has 0 radical (unpaired) electrons. The Morgan fingerprint density at radius 2 is 2.21 bits per heavy atom. The quantitative estimate of drug-likeness (QED) is 0.700. The number of hydrogen-bond donors (Lipinski definition) is 0. The van der Waals surface area contributed by atoms with Gasteiger partial charge in [0, 0.05) is 25.0 Å². The highest BCUT2D eigenvalue weighted by atomic mass is 79.9. The van der Waals surface area contributed by atoms with Crippen molar-refractivity contribution in [2.45, 2.75) is 19.3 Å². The van der Waals surface area contributed by atoms with Gasteiger partial charge in [-0.2, -0.15) is 0 Å². The molecule has 1 fully saturated rings. The van der Waals surface area contributed by atoms with Crippen LogP contribution >= 0.6 is 15.9 Å². The van der Waals surface area contributed by atoms with Gasteiger partial charge in [0.25, 0.3) is 0 Å². The van der Waals surface area contributed by atoms with Crippen LogP contribution in [0.3, 0.4) is 0 Å². The molecule has 2 nitrogen and oxygen atoms in total. The van der Waals surface area contributed by atoms with E-state index in [4.69, 9.17) is 0 Å². The van der Waals surface area contributed by atoms with E-state index in [-0.39, 0.29) is 0 Å². The summed E-state index contributed by atoms with van der Waals surface area (Å²) in [5.74, 6) is 0.935. The second-order valence-corrected chi connectivity index (χ2v) is 5.38. The number of piperidine rings is 1. The van der Waals surface area contributed by atoms with Crippen molar-refractivity contribution >= 4 is 15.9 Å². The lowest BCUT2D eigenvalue weighted by molar-refractivity contribution is 0.160. The van der Waals surface area contributed by atoms with E-state index in [1.165, 1.54) is 50.8 Å². The van der Waals surface area contributed by atoms with Gasteiger partial charge in [-0.15, -0.1) is 0 Å². The van der Waals surface area contributed by atoms with Crippen molar-refractivity contribution in [3.8, 4) is 0 Å². The summed E-state index contributed by atoms with van der Waals surface area (Å²) in [7, 11) is 4.31. The predicted octanol–water partition coefficient (Wildman–Crippen LogP) is 2.04. The minimum Gasteiger partial charge on any atom is -0.308 e. The molecular formula is C11H23BrN2. The molecule has 14 heavy (non-hydrogen) atoms. The van der Waals surface area contributed by atoms with E-state index >= 15 is 0 Å². The Hall–Kier alpha value is 0.400. The number of alkyl halides is 1. The van der Waals surface area contributed by atoms with Crippen LogP contribution in [0.5, 0.6) is 0 Å². The average molecular weight is 263 g/mol. The molecule has 0 bridgehead atoms. The third kappa shape index (κ3) is 4.76. The van der Waals surface area contributed by atoms with Gasteiger partial charge in [0.2, 0.25) is 0 Å². The lowest BCUT2D eigenvalue weighted by atomic mass is 9.96. The smallest absolute Gasteiger partial charge is 0.0109 e. The van der Waals surface area contributed by atoms with Gasteiger partial charge in [-0.3, -0.25) is 0 Å². The van der Waals surface area contributed by atoms with E-state index < -0.39 is 0 Å². The van der Waals surface area contributed by atoms with Crippen molar-refractivity contribution < 1.29 is 0 Å². The van der Waals surface area contributed by atoms with Gasteiger partial charge in [0.05, 0.1) is 0 Å². The van der Waals surface area contributed by atoms with Crippen molar-refractivity contribution in [3.63, 3.8) is 0 Å². The highest BCUT2D eigenvalue weighted by Crippen LogP contribution is 2.19. The third-order valence-corrected chi connectivity index (χ3v) is 3.44. The molecule has 0 saturated carbocycles. The lowest BCUT2D eigenvalue weighted by Gasteiger charge is -2.33. The number of hydrogen-bond acceptors (Lipinski definition) is 2. The van der Waals surface area contributed by atoms with Crippen molar-refractivity contribution in [2.75, 3.05) is 45.6 Å². The first-order valence-corrected chi connectivity index (χ1v) is 6.77. The van der Waals surface area contributed by atoms with Crippen LogP contribution in [0.2, 0.25) is 0 Å². The first-order chi connectivity index (χ1) is 6.72. The van der Waals surface area contributed by atoms with Crippen LogP contribution in [0, 0.1) is 5.92 Å². The summed E-state index contributed by atoms with van der Waals surface area (Å²) in [4.78, 5) is 4.89. The molecular weight excluding hydrogens is 240 g/mol. The molecule has 0 N–H and O–H groups in total. The maximum absolute atomic E-state index is 3.54. The molecule has 0 spiro atoms. The van der Waals surface area contributed by atoms with Gasteiger partial charge >= 0.3 is 0 Å². The lowest BCUT2D eigenvalue weighted by Crippen LogP contribution is -2.39. The highest BCUT2D eigenvalue weighted by Gasteiger charge is 2.18. The van der Waals surface area contributed by atoms with E-state index in [1.54, 1.807) is 0 Å². The number of likely N-dealkylation sites (N-methyl/N-ethyl adjacent to an activating group) is 1. The summed E-state index contributed by atoms with van der Waals surface area (Å²) in [6.45, 7) is 5.07. The summed E-state index contributed by atoms with van der Waals surface area (Å²) in [6.07, 6.45) is 4.17. The standard InChI is InChI=1S/C11H23BrN2/c1-13(2)8-9-14-7-3-4-11(10-14)5-6-12/h11H,3-10H2,1-2H3. The minimum atomic E-state index is 0.935. The van der Waals surface area contributed by atoms with Crippen LogP contribution < -0.4 is 0 Å². The molecule has 1 aliphatic rings. The zero-order chi connectivity index (χ0) is 10.4. The summed E-state index contributed by atoms with van der Waals surface area (Å²) in [6, 6.07) is 0. The zero-order valence-corrected chi connectivity index (χ0v) is 11.1. The maximum Gasteiger partial charge on any atom is 0.0109 e. The Labute approximate surface area is 96.8 Å². The summed E-state index contributed by atoms with van der Waals surface area (Å²) < 4.78 is 0. The summed E-state index contributed by atoms with van der Waals surface area (Å²) in [5.41, 5.74) is 0. The molecule has 1 saturated heterocycles. The molecule has 1 atom stereocenters. The Morgan fingerprint density at radius 1 is 1.43 bits per heavy atom. The van der Waals surface area contributed by atoms with E-state index in [0.29, 0.717) is 0 Å². The third-order valence-electron chi connectivity index (χ3n) is 2.98. The van der Waals surface area contributed by atoms with Crippen molar-refractivity contribution in [2.24, 2.45) is 5.92 Å². The van der Waals surface area contributed by atoms with Crippen LogP contribution in [-0.4, -0.2) is 55.4 Å². The Kier molecular flexibility index (Phi) is 6.06. The van der Waals surface area contributed by atoms with Gasteiger partial charge in [0.15, 0.2) is 0 Å². The topological polar surface area (TPSA) is 6.48 Å². The van der Waals surface area contributed by atoms with Crippen LogP contribution in [0.15, 0.2) is 0 Å². The monoisotopic (exact) mass is 262 g/mol. The molecule has 1 unspecified atom stereocenters.